The maximum atomic E-state index is 11.7. The van der Waals surface area contributed by atoms with E-state index in [1.54, 1.807) is 16.9 Å². The Hall–Kier alpha value is -2.93. The number of para-hydroxylation sites is 1. The quantitative estimate of drug-likeness (QED) is 0.667. The standard InChI is InChI=1S/C16H12ClN5O2/c1-24-16(23)14-19-13-9-21(11-6-3-2-5-10(11)17)15-12(22(13)20-14)7-4-8-18-15/h2-8H,9H2,1H3. The number of pyridine rings is 1. The van der Waals surface area contributed by atoms with E-state index in [0.717, 1.165) is 11.4 Å². The Morgan fingerprint density at radius 3 is 2.79 bits per heavy atom. The van der Waals surface area contributed by atoms with Gasteiger partial charge in [-0.2, -0.15) is 0 Å². The lowest BCUT2D eigenvalue weighted by Gasteiger charge is -2.30. The molecule has 1 aromatic carbocycles. The molecule has 8 heteroatoms. The van der Waals surface area contributed by atoms with Crippen molar-refractivity contribution in [2.75, 3.05) is 12.0 Å². The Balaban J connectivity index is 1.89. The third-order valence-corrected chi connectivity index (χ3v) is 4.05. The summed E-state index contributed by atoms with van der Waals surface area (Å²) in [6.07, 6.45) is 1.70. The number of hydrogen-bond acceptors (Lipinski definition) is 6. The van der Waals surface area contributed by atoms with Crippen molar-refractivity contribution < 1.29 is 9.53 Å². The van der Waals surface area contributed by atoms with Crippen molar-refractivity contribution in [3.8, 4) is 5.69 Å². The van der Waals surface area contributed by atoms with E-state index >= 15 is 0 Å². The van der Waals surface area contributed by atoms with Crippen molar-refractivity contribution in [1.82, 2.24) is 19.7 Å². The van der Waals surface area contributed by atoms with Crippen molar-refractivity contribution >= 4 is 29.1 Å². The monoisotopic (exact) mass is 341 g/mol. The first-order valence-corrected chi connectivity index (χ1v) is 7.58. The van der Waals surface area contributed by atoms with E-state index < -0.39 is 5.97 Å². The molecule has 0 amide bonds. The largest absolute Gasteiger partial charge is 0.463 e. The van der Waals surface area contributed by atoms with Gasteiger partial charge in [0.1, 0.15) is 5.69 Å². The van der Waals surface area contributed by atoms with Crippen LogP contribution in [0.2, 0.25) is 5.02 Å². The highest BCUT2D eigenvalue weighted by atomic mass is 35.5. The molecule has 4 rings (SSSR count). The van der Waals surface area contributed by atoms with Gasteiger partial charge in [0.25, 0.3) is 5.82 Å². The lowest BCUT2D eigenvalue weighted by molar-refractivity contribution is 0.0587. The average molecular weight is 342 g/mol. The van der Waals surface area contributed by atoms with E-state index in [2.05, 4.69) is 15.1 Å². The van der Waals surface area contributed by atoms with Crippen molar-refractivity contribution in [3.05, 3.63) is 59.3 Å². The number of nitrogens with zero attached hydrogens (tertiary/aromatic N) is 5. The van der Waals surface area contributed by atoms with Crippen LogP contribution in [0.1, 0.15) is 16.4 Å². The average Bonchev–Trinajstić information content (AvgIpc) is 3.05. The smallest absolute Gasteiger partial charge is 0.377 e. The second-order valence-corrected chi connectivity index (χ2v) is 5.55. The van der Waals surface area contributed by atoms with E-state index in [1.807, 2.05) is 35.2 Å². The SMILES string of the molecule is COC(=O)c1nc2n(n1)-c1cccnc1N(c1ccccc1Cl)C2. The van der Waals surface area contributed by atoms with Crippen molar-refractivity contribution in [3.63, 3.8) is 0 Å². The summed E-state index contributed by atoms with van der Waals surface area (Å²) in [4.78, 5) is 22.4. The molecule has 120 valence electrons. The maximum absolute atomic E-state index is 11.7. The predicted molar refractivity (Wildman–Crippen MR) is 87.8 cm³/mol. The summed E-state index contributed by atoms with van der Waals surface area (Å²) in [7, 11) is 1.30. The number of halogens is 1. The van der Waals surface area contributed by atoms with E-state index in [1.165, 1.54) is 7.11 Å². The third-order valence-electron chi connectivity index (χ3n) is 3.73. The van der Waals surface area contributed by atoms with E-state index in [4.69, 9.17) is 16.3 Å². The fraction of sp³-hybridized carbons (Fsp3) is 0.125. The zero-order valence-electron chi connectivity index (χ0n) is 12.7. The molecule has 0 bridgehead atoms. The van der Waals surface area contributed by atoms with Gasteiger partial charge in [0.15, 0.2) is 11.6 Å². The third kappa shape index (κ3) is 2.21. The number of hydrogen-bond donors (Lipinski definition) is 0. The minimum absolute atomic E-state index is 0.0170. The van der Waals surface area contributed by atoms with Gasteiger partial charge in [-0.1, -0.05) is 23.7 Å². The van der Waals surface area contributed by atoms with Crippen LogP contribution < -0.4 is 4.90 Å². The van der Waals surface area contributed by atoms with Crippen LogP contribution in [0.25, 0.3) is 5.69 Å². The molecule has 0 saturated carbocycles. The Kier molecular flexibility index (Phi) is 3.42. The molecule has 0 atom stereocenters. The summed E-state index contributed by atoms with van der Waals surface area (Å²) in [6.45, 7) is 0.387. The van der Waals surface area contributed by atoms with Crippen LogP contribution in [0.3, 0.4) is 0 Å². The number of anilines is 2. The molecule has 1 aliphatic rings. The molecule has 0 N–H and O–H groups in total. The molecule has 0 aliphatic carbocycles. The maximum Gasteiger partial charge on any atom is 0.377 e. The first-order chi connectivity index (χ1) is 11.7. The molecule has 3 aromatic rings. The van der Waals surface area contributed by atoms with Gasteiger partial charge in [0, 0.05) is 6.20 Å². The molecule has 0 saturated heterocycles. The minimum Gasteiger partial charge on any atom is -0.463 e. The molecule has 0 unspecified atom stereocenters. The van der Waals surface area contributed by atoms with Gasteiger partial charge < -0.3 is 9.64 Å². The fourth-order valence-corrected chi connectivity index (χ4v) is 2.90. The summed E-state index contributed by atoms with van der Waals surface area (Å²) < 4.78 is 6.32. The normalized spacial score (nSPS) is 12.5. The highest BCUT2D eigenvalue weighted by Gasteiger charge is 2.29. The first kappa shape index (κ1) is 14.6. The zero-order valence-corrected chi connectivity index (χ0v) is 13.4. The van der Waals surface area contributed by atoms with E-state index in [-0.39, 0.29) is 5.82 Å². The number of methoxy groups -OCH3 is 1. The minimum atomic E-state index is -0.577. The van der Waals surface area contributed by atoms with E-state index in [0.29, 0.717) is 23.2 Å². The molecule has 0 spiro atoms. The Morgan fingerprint density at radius 2 is 2.00 bits per heavy atom. The number of esters is 1. The van der Waals surface area contributed by atoms with Crippen molar-refractivity contribution in [2.24, 2.45) is 0 Å². The number of carbonyl (C=O) groups is 1. The van der Waals surface area contributed by atoms with Gasteiger partial charge in [-0.3, -0.25) is 0 Å². The van der Waals surface area contributed by atoms with Crippen LogP contribution in [0.4, 0.5) is 11.5 Å². The molecule has 0 fully saturated rings. The van der Waals surface area contributed by atoms with E-state index in [9.17, 15) is 4.79 Å². The number of ether oxygens (including phenoxy) is 1. The Morgan fingerprint density at radius 1 is 1.21 bits per heavy atom. The highest BCUT2D eigenvalue weighted by Crippen LogP contribution is 2.37. The number of rotatable bonds is 2. The lowest BCUT2D eigenvalue weighted by Crippen LogP contribution is -2.27. The lowest BCUT2D eigenvalue weighted by atomic mass is 10.2. The Bertz CT molecular complexity index is 940. The Labute approximate surface area is 142 Å². The summed E-state index contributed by atoms with van der Waals surface area (Å²) in [5.74, 6) is 0.741. The molecular weight excluding hydrogens is 330 g/mol. The summed E-state index contributed by atoms with van der Waals surface area (Å²) >= 11 is 6.34. The number of fused-ring (bicyclic) bond motifs is 3. The van der Waals surface area contributed by atoms with Crippen molar-refractivity contribution in [2.45, 2.75) is 6.54 Å². The van der Waals surface area contributed by atoms with Crippen LogP contribution >= 0.6 is 11.6 Å². The number of carbonyl (C=O) groups excluding carboxylic acids is 1. The van der Waals surface area contributed by atoms with Crippen LogP contribution in [0.5, 0.6) is 0 Å². The second kappa shape index (κ2) is 5.61. The molecule has 3 heterocycles. The molecule has 2 aromatic heterocycles. The van der Waals surface area contributed by atoms with Crippen LogP contribution in [-0.2, 0) is 11.3 Å². The topological polar surface area (TPSA) is 73.1 Å². The zero-order chi connectivity index (χ0) is 16.7. The van der Waals surface area contributed by atoms with Gasteiger partial charge in [-0.25, -0.2) is 19.4 Å². The number of aromatic nitrogens is 4. The molecule has 24 heavy (non-hydrogen) atoms. The molecule has 7 nitrogen and oxygen atoms in total. The van der Waals surface area contributed by atoms with Crippen LogP contribution in [-0.4, -0.2) is 32.8 Å². The molecule has 1 aliphatic heterocycles. The van der Waals surface area contributed by atoms with Gasteiger partial charge in [-0.05, 0) is 24.3 Å². The highest BCUT2D eigenvalue weighted by molar-refractivity contribution is 6.33. The van der Waals surface area contributed by atoms with Gasteiger partial charge >= 0.3 is 5.97 Å². The second-order valence-electron chi connectivity index (χ2n) is 5.14. The fourth-order valence-electron chi connectivity index (χ4n) is 2.67. The van der Waals surface area contributed by atoms with Gasteiger partial charge in [0.05, 0.1) is 24.4 Å². The van der Waals surface area contributed by atoms with Crippen LogP contribution in [0, 0.1) is 0 Å². The molecule has 0 radical (unpaired) electrons. The summed E-state index contributed by atoms with van der Waals surface area (Å²) in [5.41, 5.74) is 1.54. The van der Waals surface area contributed by atoms with Gasteiger partial charge in [-0.15, -0.1) is 5.10 Å². The first-order valence-electron chi connectivity index (χ1n) is 7.21. The predicted octanol–water partition coefficient (Wildman–Crippen LogP) is 2.75. The van der Waals surface area contributed by atoms with Crippen LogP contribution in [0.15, 0.2) is 42.6 Å². The number of benzene rings is 1. The molecular formula is C16H12ClN5O2. The van der Waals surface area contributed by atoms with Crippen molar-refractivity contribution in [1.29, 1.82) is 0 Å². The van der Waals surface area contributed by atoms with Gasteiger partial charge in [0.2, 0.25) is 0 Å². The summed E-state index contributed by atoms with van der Waals surface area (Å²) in [5, 5.41) is 4.85. The summed E-state index contributed by atoms with van der Waals surface area (Å²) in [6, 6.07) is 11.2.